The Kier molecular flexibility index (Phi) is 9.43. The van der Waals surface area contributed by atoms with Crippen LogP contribution < -0.4 is 10.1 Å². The molecule has 0 fully saturated rings. The van der Waals surface area contributed by atoms with Crippen LogP contribution in [0, 0.1) is 0 Å². The van der Waals surface area contributed by atoms with Crippen LogP contribution in [-0.2, 0) is 22.6 Å². The van der Waals surface area contributed by atoms with Crippen LogP contribution in [0.3, 0.4) is 0 Å². The van der Waals surface area contributed by atoms with E-state index in [1.54, 1.807) is 11.0 Å². The van der Waals surface area contributed by atoms with Gasteiger partial charge in [0.15, 0.2) is 6.61 Å². The van der Waals surface area contributed by atoms with E-state index in [1.165, 1.54) is 0 Å². The second kappa shape index (κ2) is 12.9. The van der Waals surface area contributed by atoms with E-state index in [0.29, 0.717) is 17.2 Å². The zero-order valence-corrected chi connectivity index (χ0v) is 23.7. The van der Waals surface area contributed by atoms with Crippen LogP contribution in [0.4, 0.5) is 0 Å². The molecule has 0 bridgehead atoms. The summed E-state index contributed by atoms with van der Waals surface area (Å²) >= 11 is 9.87. The molecule has 5 nitrogen and oxygen atoms in total. The number of halogens is 2. The third kappa shape index (κ3) is 7.15. The van der Waals surface area contributed by atoms with E-state index in [4.69, 9.17) is 16.3 Å². The molecule has 0 aliphatic carbocycles. The fourth-order valence-electron chi connectivity index (χ4n) is 4.31. The summed E-state index contributed by atoms with van der Waals surface area (Å²) in [5, 5.41) is 5.61. The molecule has 1 N–H and O–H groups in total. The van der Waals surface area contributed by atoms with Gasteiger partial charge in [-0.15, -0.1) is 0 Å². The van der Waals surface area contributed by atoms with Gasteiger partial charge in [-0.3, -0.25) is 9.59 Å². The van der Waals surface area contributed by atoms with Crippen molar-refractivity contribution in [2.24, 2.45) is 0 Å². The van der Waals surface area contributed by atoms with Crippen molar-refractivity contribution in [3.63, 3.8) is 0 Å². The summed E-state index contributed by atoms with van der Waals surface area (Å²) in [5.41, 5.74) is 1.78. The van der Waals surface area contributed by atoms with Crippen LogP contribution >= 0.6 is 27.5 Å². The molecule has 4 aromatic carbocycles. The molecule has 0 unspecified atom stereocenters. The van der Waals surface area contributed by atoms with E-state index < -0.39 is 6.04 Å². The highest BCUT2D eigenvalue weighted by atomic mass is 79.9. The van der Waals surface area contributed by atoms with Crippen LogP contribution in [0.1, 0.15) is 25.0 Å². The molecule has 0 aliphatic rings. The number of carbonyl (C=O) groups excluding carboxylic acids is 2. The molecule has 4 aromatic rings. The van der Waals surface area contributed by atoms with Gasteiger partial charge in [0, 0.05) is 24.0 Å². The average molecular weight is 594 g/mol. The van der Waals surface area contributed by atoms with Gasteiger partial charge in [0.25, 0.3) is 5.91 Å². The summed E-state index contributed by atoms with van der Waals surface area (Å²) in [7, 11) is 0. The summed E-state index contributed by atoms with van der Waals surface area (Å²) in [5.74, 6) is 0.0435. The zero-order chi connectivity index (χ0) is 27.1. The number of hydrogen-bond donors (Lipinski definition) is 1. The number of amides is 2. The molecule has 38 heavy (non-hydrogen) atoms. The van der Waals surface area contributed by atoms with E-state index in [9.17, 15) is 9.59 Å². The fraction of sp³-hybridized carbons (Fsp3) is 0.226. The summed E-state index contributed by atoms with van der Waals surface area (Å²) in [6.45, 7) is 3.80. The van der Waals surface area contributed by atoms with Gasteiger partial charge in [-0.2, -0.15) is 0 Å². The lowest BCUT2D eigenvalue weighted by Crippen LogP contribution is -2.52. The quantitative estimate of drug-likeness (QED) is 0.220. The first-order chi connectivity index (χ1) is 18.3. The lowest BCUT2D eigenvalue weighted by atomic mass is 10.0. The predicted molar refractivity (Wildman–Crippen MR) is 156 cm³/mol. The van der Waals surface area contributed by atoms with Crippen molar-refractivity contribution < 1.29 is 14.3 Å². The molecule has 0 heterocycles. The molecule has 196 valence electrons. The van der Waals surface area contributed by atoms with Crippen molar-refractivity contribution in [1.82, 2.24) is 10.2 Å². The summed E-state index contributed by atoms with van der Waals surface area (Å²) in [6, 6.07) is 27.9. The van der Waals surface area contributed by atoms with Gasteiger partial charge in [0.05, 0.1) is 4.47 Å². The van der Waals surface area contributed by atoms with Crippen molar-refractivity contribution in [3.05, 3.63) is 112 Å². The number of hydrogen-bond acceptors (Lipinski definition) is 3. The second-order valence-electron chi connectivity index (χ2n) is 9.41. The Labute approximate surface area is 236 Å². The first kappa shape index (κ1) is 27.7. The fourth-order valence-corrected chi connectivity index (χ4v) is 5.13. The van der Waals surface area contributed by atoms with Crippen LogP contribution in [0.2, 0.25) is 5.02 Å². The van der Waals surface area contributed by atoms with E-state index in [0.717, 1.165) is 26.4 Å². The lowest BCUT2D eigenvalue weighted by molar-refractivity contribution is -0.143. The number of benzene rings is 4. The standard InChI is InChI=1S/C31H30BrClN2O3/c1-21(2)34-31(37)27(18-22-9-4-3-5-10-22)35(19-23-11-8-13-25(33)17-23)29(36)20-38-28-16-15-24-12-6-7-14-26(24)30(28)32/h3-17,21,27H,18-20H2,1-2H3,(H,34,37)/t27-/m0/s1. The normalized spacial score (nSPS) is 11.8. The molecule has 0 saturated carbocycles. The summed E-state index contributed by atoms with van der Waals surface area (Å²) < 4.78 is 6.80. The Morgan fingerprint density at radius 3 is 2.37 bits per heavy atom. The van der Waals surface area contributed by atoms with Gasteiger partial charge in [0.2, 0.25) is 5.91 Å². The number of nitrogens with one attached hydrogen (secondary N) is 1. The number of nitrogens with zero attached hydrogens (tertiary/aromatic N) is 1. The van der Waals surface area contributed by atoms with E-state index in [-0.39, 0.29) is 31.0 Å². The molecule has 0 saturated heterocycles. The molecule has 4 rings (SSSR count). The molecule has 0 aliphatic heterocycles. The molecule has 0 radical (unpaired) electrons. The van der Waals surface area contributed by atoms with E-state index in [1.807, 2.05) is 98.8 Å². The first-order valence-corrected chi connectivity index (χ1v) is 13.7. The van der Waals surface area contributed by atoms with Crippen molar-refractivity contribution in [2.45, 2.75) is 38.9 Å². The van der Waals surface area contributed by atoms with Crippen molar-refractivity contribution >= 4 is 50.1 Å². The minimum atomic E-state index is -0.741. The third-order valence-corrected chi connectivity index (χ3v) is 7.18. The maximum absolute atomic E-state index is 13.8. The highest BCUT2D eigenvalue weighted by Gasteiger charge is 2.31. The monoisotopic (exact) mass is 592 g/mol. The Bertz CT molecular complexity index is 1410. The smallest absolute Gasteiger partial charge is 0.261 e. The second-order valence-corrected chi connectivity index (χ2v) is 10.6. The molecular formula is C31H30BrClN2O3. The maximum Gasteiger partial charge on any atom is 0.261 e. The van der Waals surface area contributed by atoms with Gasteiger partial charge < -0.3 is 15.0 Å². The van der Waals surface area contributed by atoms with E-state index >= 15 is 0 Å². The molecule has 7 heteroatoms. The number of fused-ring (bicyclic) bond motifs is 1. The van der Waals surface area contributed by atoms with Crippen LogP contribution in [-0.4, -0.2) is 35.4 Å². The first-order valence-electron chi connectivity index (χ1n) is 12.5. The summed E-state index contributed by atoms with van der Waals surface area (Å²) in [6.07, 6.45) is 0.366. The molecular weight excluding hydrogens is 564 g/mol. The Morgan fingerprint density at radius 2 is 1.63 bits per heavy atom. The molecule has 0 spiro atoms. The number of rotatable bonds is 10. The largest absolute Gasteiger partial charge is 0.483 e. The summed E-state index contributed by atoms with van der Waals surface area (Å²) in [4.78, 5) is 28.8. The third-order valence-electron chi connectivity index (χ3n) is 6.12. The van der Waals surface area contributed by atoms with Gasteiger partial charge in [-0.1, -0.05) is 84.4 Å². The number of carbonyl (C=O) groups is 2. The molecule has 1 atom stereocenters. The van der Waals surface area contributed by atoms with Gasteiger partial charge >= 0.3 is 0 Å². The van der Waals surface area contributed by atoms with Crippen molar-refractivity contribution in [2.75, 3.05) is 6.61 Å². The van der Waals surface area contributed by atoms with Crippen LogP contribution in [0.15, 0.2) is 95.5 Å². The van der Waals surface area contributed by atoms with E-state index in [2.05, 4.69) is 21.2 Å². The topological polar surface area (TPSA) is 58.6 Å². The van der Waals surface area contributed by atoms with Gasteiger partial charge in [-0.25, -0.2) is 0 Å². The highest BCUT2D eigenvalue weighted by Crippen LogP contribution is 2.33. The SMILES string of the molecule is CC(C)NC(=O)[C@H](Cc1ccccc1)N(Cc1cccc(Cl)c1)C(=O)COc1ccc2ccccc2c1Br. The predicted octanol–water partition coefficient (Wildman–Crippen LogP) is 6.80. The lowest BCUT2D eigenvalue weighted by Gasteiger charge is -2.32. The van der Waals surface area contributed by atoms with Crippen molar-refractivity contribution in [1.29, 1.82) is 0 Å². The average Bonchev–Trinajstić information content (AvgIpc) is 2.90. The maximum atomic E-state index is 13.8. The van der Waals surface area contributed by atoms with Gasteiger partial charge in [-0.05, 0) is 69.9 Å². The van der Waals surface area contributed by atoms with Crippen LogP contribution in [0.25, 0.3) is 10.8 Å². The minimum Gasteiger partial charge on any atom is -0.483 e. The van der Waals surface area contributed by atoms with Crippen LogP contribution in [0.5, 0.6) is 5.75 Å². The zero-order valence-electron chi connectivity index (χ0n) is 21.4. The Hall–Kier alpha value is -3.35. The molecule has 2 amide bonds. The highest BCUT2D eigenvalue weighted by molar-refractivity contribution is 9.10. The minimum absolute atomic E-state index is 0.0753. The number of ether oxygens (including phenoxy) is 1. The Balaban J connectivity index is 1.64. The van der Waals surface area contributed by atoms with Crippen molar-refractivity contribution in [3.8, 4) is 5.75 Å². The van der Waals surface area contributed by atoms with Gasteiger partial charge in [0.1, 0.15) is 11.8 Å². The molecule has 0 aromatic heterocycles. The Morgan fingerprint density at radius 1 is 0.921 bits per heavy atom.